The van der Waals surface area contributed by atoms with E-state index < -0.39 is 15.5 Å². The van der Waals surface area contributed by atoms with Gasteiger partial charge in [0.25, 0.3) is 0 Å². The number of hydrogen-bond acceptors (Lipinski definition) is 2. The number of hydrogen-bond donors (Lipinski definition) is 0. The second-order valence-electron chi connectivity index (χ2n) is 3.83. The minimum atomic E-state index is -1.96. The molecule has 0 amide bonds. The lowest BCUT2D eigenvalue weighted by molar-refractivity contribution is -0.133. The highest BCUT2D eigenvalue weighted by atomic mass is 35.6. The third-order valence-electron chi connectivity index (χ3n) is 2.65. The molecule has 1 unspecified atom stereocenters. The van der Waals surface area contributed by atoms with E-state index in [-0.39, 0.29) is 5.78 Å². The van der Waals surface area contributed by atoms with Crippen LogP contribution in [-0.2, 0) is 9.59 Å². The van der Waals surface area contributed by atoms with E-state index in [1.165, 1.54) is 0 Å². The van der Waals surface area contributed by atoms with Gasteiger partial charge in [0.15, 0.2) is 5.78 Å². The molecule has 0 spiro atoms. The topological polar surface area (TPSA) is 34.1 Å². The number of Topliss-reactive ketones (excluding diaryl/α,β-unsaturated/α-hetero) is 2. The molecule has 1 fully saturated rings. The van der Waals surface area contributed by atoms with Gasteiger partial charge in [-0.1, -0.05) is 54.1 Å². The number of halogens is 3. The largest absolute Gasteiger partial charge is 0.299 e. The Bertz CT molecular complexity index is 258. The van der Waals surface area contributed by atoms with Gasteiger partial charge in [0.1, 0.15) is 5.78 Å². The molecule has 2 nitrogen and oxygen atoms in total. The van der Waals surface area contributed by atoms with Crippen LogP contribution in [-0.4, -0.2) is 15.4 Å². The van der Waals surface area contributed by atoms with Crippen LogP contribution >= 0.6 is 34.8 Å². The summed E-state index contributed by atoms with van der Waals surface area (Å²) in [5.41, 5.74) is 0. The van der Waals surface area contributed by atoms with Gasteiger partial charge in [-0.2, -0.15) is 0 Å². The lowest BCUT2D eigenvalue weighted by Crippen LogP contribution is -2.33. The molecule has 0 aliphatic heterocycles. The maximum Gasteiger partial charge on any atom is 0.249 e. The molecule has 0 aromatic carbocycles. The summed E-state index contributed by atoms with van der Waals surface area (Å²) in [6.45, 7) is 0. The molecule has 1 rings (SSSR count). The first-order valence-corrected chi connectivity index (χ1v) is 6.20. The zero-order chi connectivity index (χ0) is 11.5. The van der Waals surface area contributed by atoms with E-state index in [1.807, 2.05) is 0 Å². The Morgan fingerprint density at radius 2 is 1.73 bits per heavy atom. The van der Waals surface area contributed by atoms with Crippen molar-refractivity contribution >= 4 is 46.4 Å². The van der Waals surface area contributed by atoms with Crippen molar-refractivity contribution in [2.24, 2.45) is 5.92 Å². The van der Waals surface area contributed by atoms with Gasteiger partial charge in [-0.05, 0) is 12.8 Å². The number of ketones is 2. The van der Waals surface area contributed by atoms with Gasteiger partial charge in [0.05, 0.1) is 5.92 Å². The van der Waals surface area contributed by atoms with E-state index in [1.54, 1.807) is 0 Å². The fourth-order valence-electron chi connectivity index (χ4n) is 1.81. The van der Waals surface area contributed by atoms with E-state index in [2.05, 4.69) is 0 Å². The van der Waals surface area contributed by atoms with Crippen LogP contribution in [0.1, 0.15) is 38.5 Å². The van der Waals surface area contributed by atoms with Crippen molar-refractivity contribution in [1.29, 1.82) is 0 Å². The van der Waals surface area contributed by atoms with E-state index in [0.29, 0.717) is 12.8 Å². The van der Waals surface area contributed by atoms with Crippen LogP contribution in [0.15, 0.2) is 0 Å². The molecule has 86 valence electrons. The molecule has 0 radical (unpaired) electrons. The molecule has 0 bridgehead atoms. The fourth-order valence-corrected chi connectivity index (χ4v) is 2.21. The van der Waals surface area contributed by atoms with Crippen LogP contribution in [0, 0.1) is 5.92 Å². The van der Waals surface area contributed by atoms with Crippen molar-refractivity contribution in [1.82, 2.24) is 0 Å². The van der Waals surface area contributed by atoms with Crippen LogP contribution in [0.2, 0.25) is 0 Å². The summed E-state index contributed by atoms with van der Waals surface area (Å²) in [5, 5.41) is 0. The Morgan fingerprint density at radius 3 is 2.33 bits per heavy atom. The van der Waals surface area contributed by atoms with Crippen LogP contribution in [0.5, 0.6) is 0 Å². The first kappa shape index (κ1) is 13.3. The van der Waals surface area contributed by atoms with Crippen molar-refractivity contribution in [3.63, 3.8) is 0 Å². The minimum Gasteiger partial charge on any atom is -0.299 e. The molecule has 1 atom stereocenters. The third kappa shape index (κ3) is 3.93. The molecule has 15 heavy (non-hydrogen) atoms. The highest BCUT2D eigenvalue weighted by Gasteiger charge is 2.39. The standard InChI is InChI=1S/C10H13Cl3O2/c11-10(12,13)9(15)7-5-3-1-2-4-6-8(7)14/h7H,1-6H2. The number of carbonyl (C=O) groups excluding carboxylic acids is 2. The van der Waals surface area contributed by atoms with Gasteiger partial charge in [0, 0.05) is 6.42 Å². The number of rotatable bonds is 1. The van der Waals surface area contributed by atoms with Crippen LogP contribution in [0.25, 0.3) is 0 Å². The summed E-state index contributed by atoms with van der Waals surface area (Å²) in [5.74, 6) is -1.36. The average molecular weight is 272 g/mol. The summed E-state index contributed by atoms with van der Waals surface area (Å²) < 4.78 is -1.96. The van der Waals surface area contributed by atoms with Crippen molar-refractivity contribution in [3.8, 4) is 0 Å². The van der Waals surface area contributed by atoms with E-state index in [0.717, 1.165) is 25.7 Å². The van der Waals surface area contributed by atoms with Gasteiger partial charge in [-0.15, -0.1) is 0 Å². The molecular formula is C10H13Cl3O2. The third-order valence-corrected chi connectivity index (χ3v) is 3.21. The van der Waals surface area contributed by atoms with E-state index >= 15 is 0 Å². The van der Waals surface area contributed by atoms with Gasteiger partial charge < -0.3 is 0 Å². The molecule has 0 N–H and O–H groups in total. The lowest BCUT2D eigenvalue weighted by Gasteiger charge is -2.20. The van der Waals surface area contributed by atoms with Crippen molar-refractivity contribution < 1.29 is 9.59 Å². The molecule has 1 aliphatic carbocycles. The Kier molecular flexibility index (Phi) is 4.88. The van der Waals surface area contributed by atoms with Crippen LogP contribution < -0.4 is 0 Å². The summed E-state index contributed by atoms with van der Waals surface area (Å²) in [7, 11) is 0. The quantitative estimate of drug-likeness (QED) is 0.540. The van der Waals surface area contributed by atoms with Gasteiger partial charge >= 0.3 is 0 Å². The average Bonchev–Trinajstić information content (AvgIpc) is 2.10. The lowest BCUT2D eigenvalue weighted by atomic mass is 9.87. The molecule has 0 aromatic heterocycles. The maximum absolute atomic E-state index is 11.7. The number of carbonyl (C=O) groups is 2. The van der Waals surface area contributed by atoms with Crippen LogP contribution in [0.3, 0.4) is 0 Å². The Balaban J connectivity index is 2.71. The molecule has 0 aromatic rings. The Hall–Kier alpha value is 0.210. The maximum atomic E-state index is 11.7. The second kappa shape index (κ2) is 5.51. The van der Waals surface area contributed by atoms with Gasteiger partial charge in [-0.25, -0.2) is 0 Å². The summed E-state index contributed by atoms with van der Waals surface area (Å²) in [6, 6.07) is 0. The van der Waals surface area contributed by atoms with Crippen molar-refractivity contribution in [2.75, 3.05) is 0 Å². The highest BCUT2D eigenvalue weighted by molar-refractivity contribution is 6.76. The summed E-state index contributed by atoms with van der Waals surface area (Å²) >= 11 is 16.5. The molecule has 1 aliphatic rings. The Labute approximate surface area is 104 Å². The molecule has 1 saturated carbocycles. The first-order valence-electron chi connectivity index (χ1n) is 5.06. The molecule has 5 heteroatoms. The SMILES string of the molecule is O=C1CCCCCCC1C(=O)C(Cl)(Cl)Cl. The van der Waals surface area contributed by atoms with Crippen molar-refractivity contribution in [2.45, 2.75) is 42.3 Å². The van der Waals surface area contributed by atoms with E-state index in [4.69, 9.17) is 34.8 Å². The summed E-state index contributed by atoms with van der Waals surface area (Å²) in [4.78, 5) is 23.3. The predicted octanol–water partition coefficient (Wildman–Crippen LogP) is 3.47. The number of alkyl halides is 3. The van der Waals surface area contributed by atoms with E-state index in [9.17, 15) is 9.59 Å². The van der Waals surface area contributed by atoms with Crippen LogP contribution in [0.4, 0.5) is 0 Å². The zero-order valence-electron chi connectivity index (χ0n) is 8.27. The minimum absolute atomic E-state index is 0.0778. The van der Waals surface area contributed by atoms with Gasteiger partial charge in [0.2, 0.25) is 3.79 Å². The Morgan fingerprint density at radius 1 is 1.13 bits per heavy atom. The molecule has 0 heterocycles. The van der Waals surface area contributed by atoms with Crippen molar-refractivity contribution in [3.05, 3.63) is 0 Å². The second-order valence-corrected chi connectivity index (χ2v) is 6.12. The highest BCUT2D eigenvalue weighted by Crippen LogP contribution is 2.33. The summed E-state index contributed by atoms with van der Waals surface area (Å²) in [6.07, 6.45) is 4.71. The van der Waals surface area contributed by atoms with Gasteiger partial charge in [-0.3, -0.25) is 9.59 Å². The smallest absolute Gasteiger partial charge is 0.249 e. The first-order chi connectivity index (χ1) is 6.93. The molecular weight excluding hydrogens is 258 g/mol. The normalized spacial score (nSPS) is 24.5. The monoisotopic (exact) mass is 270 g/mol. The zero-order valence-corrected chi connectivity index (χ0v) is 10.5. The molecule has 0 saturated heterocycles. The predicted molar refractivity (Wildman–Crippen MR) is 61.5 cm³/mol. The fraction of sp³-hybridized carbons (Fsp3) is 0.800.